The molecule has 0 spiro atoms. The third-order valence-electron chi connectivity index (χ3n) is 4.30. The number of aryl methyl sites for hydroxylation is 2. The highest BCUT2D eigenvalue weighted by atomic mass is 19.1. The fourth-order valence-electron chi connectivity index (χ4n) is 3.21. The van der Waals surface area contributed by atoms with Crippen LogP contribution in [0.2, 0.25) is 0 Å². The van der Waals surface area contributed by atoms with Crippen molar-refractivity contribution in [1.82, 2.24) is 0 Å². The molecular formula is C19H20F2N2O. The Morgan fingerprint density at radius 1 is 1.25 bits per heavy atom. The minimum atomic E-state index is -0.605. The van der Waals surface area contributed by atoms with Crippen molar-refractivity contribution in [1.29, 1.82) is 0 Å². The maximum Gasteiger partial charge on any atom is 0.243 e. The molecule has 3 rings (SSSR count). The Bertz CT molecular complexity index is 761. The summed E-state index contributed by atoms with van der Waals surface area (Å²) >= 11 is 0. The second-order valence-electron chi connectivity index (χ2n) is 5.98. The molecular weight excluding hydrogens is 310 g/mol. The first kappa shape index (κ1) is 16.4. The van der Waals surface area contributed by atoms with Crippen molar-refractivity contribution >= 4 is 17.3 Å². The zero-order valence-electron chi connectivity index (χ0n) is 13.6. The number of carbonyl (C=O) groups excluding carboxylic acids is 1. The Labute approximate surface area is 140 Å². The minimum absolute atomic E-state index is 0.0492. The van der Waals surface area contributed by atoms with Crippen LogP contribution >= 0.6 is 0 Å². The Hall–Kier alpha value is -2.43. The zero-order chi connectivity index (χ0) is 17.1. The molecule has 24 heavy (non-hydrogen) atoms. The second kappa shape index (κ2) is 6.99. The van der Waals surface area contributed by atoms with Crippen LogP contribution in [0.5, 0.6) is 0 Å². The van der Waals surface area contributed by atoms with Gasteiger partial charge in [-0.05, 0) is 42.5 Å². The maximum absolute atomic E-state index is 14.2. The van der Waals surface area contributed by atoms with Crippen LogP contribution in [0.15, 0.2) is 36.4 Å². The molecule has 0 radical (unpaired) electrons. The average Bonchev–Trinajstić information content (AvgIpc) is 2.54. The van der Waals surface area contributed by atoms with Crippen LogP contribution < -0.4 is 10.2 Å². The highest BCUT2D eigenvalue weighted by Gasteiger charge is 2.23. The van der Waals surface area contributed by atoms with E-state index in [0.717, 1.165) is 30.2 Å². The first-order valence-electron chi connectivity index (χ1n) is 8.19. The van der Waals surface area contributed by atoms with E-state index in [9.17, 15) is 13.6 Å². The normalized spacial score (nSPS) is 13.5. The molecule has 2 aromatic carbocycles. The third kappa shape index (κ3) is 3.40. The zero-order valence-corrected chi connectivity index (χ0v) is 13.6. The summed E-state index contributed by atoms with van der Waals surface area (Å²) < 4.78 is 27.5. The molecule has 2 aromatic rings. The number of benzene rings is 2. The average molecular weight is 330 g/mol. The van der Waals surface area contributed by atoms with Gasteiger partial charge in [-0.3, -0.25) is 4.79 Å². The van der Waals surface area contributed by atoms with E-state index in [-0.39, 0.29) is 12.5 Å². The summed E-state index contributed by atoms with van der Waals surface area (Å²) in [6, 6.07) is 9.86. The van der Waals surface area contributed by atoms with Gasteiger partial charge in [0.05, 0.1) is 12.2 Å². The number of nitrogens with zero attached hydrogens (tertiary/aromatic N) is 1. The quantitative estimate of drug-likeness (QED) is 0.921. The Balaban J connectivity index is 1.77. The number of amides is 1. The van der Waals surface area contributed by atoms with Crippen LogP contribution in [-0.4, -0.2) is 19.0 Å². The fraction of sp³-hybridized carbons (Fsp3) is 0.316. The standard InChI is InChI=1S/C19H20F2N2O/c1-2-13-6-3-4-8-17(13)22-18(24)12-23-9-5-7-14-10-15(20)11-16(21)19(14)23/h3-4,6,8,10-11H,2,5,7,9,12H2,1H3,(H,22,24). The Morgan fingerprint density at radius 2 is 2.04 bits per heavy atom. The fourth-order valence-corrected chi connectivity index (χ4v) is 3.21. The number of rotatable bonds is 4. The predicted octanol–water partition coefficient (Wildman–Crippen LogP) is 3.92. The van der Waals surface area contributed by atoms with Crippen LogP contribution in [0.4, 0.5) is 20.2 Å². The molecule has 1 heterocycles. The number of hydrogen-bond donors (Lipinski definition) is 1. The topological polar surface area (TPSA) is 32.3 Å². The molecule has 0 fully saturated rings. The molecule has 126 valence electrons. The van der Waals surface area contributed by atoms with Crippen molar-refractivity contribution in [3.63, 3.8) is 0 Å². The molecule has 0 aliphatic carbocycles. The van der Waals surface area contributed by atoms with E-state index in [1.165, 1.54) is 6.07 Å². The van der Waals surface area contributed by atoms with Gasteiger partial charge in [0, 0.05) is 18.3 Å². The van der Waals surface area contributed by atoms with E-state index in [4.69, 9.17) is 0 Å². The monoisotopic (exact) mass is 330 g/mol. The Kier molecular flexibility index (Phi) is 4.79. The third-order valence-corrected chi connectivity index (χ3v) is 4.30. The summed E-state index contributed by atoms with van der Waals surface area (Å²) in [5.41, 5.74) is 2.81. The summed E-state index contributed by atoms with van der Waals surface area (Å²) in [7, 11) is 0. The molecule has 0 saturated carbocycles. The number of fused-ring (bicyclic) bond motifs is 1. The van der Waals surface area contributed by atoms with Gasteiger partial charge in [-0.25, -0.2) is 8.78 Å². The number of nitrogens with one attached hydrogen (secondary N) is 1. The number of anilines is 2. The summed E-state index contributed by atoms with van der Waals surface area (Å²) in [6.07, 6.45) is 2.21. The van der Waals surface area contributed by atoms with Gasteiger partial charge in [0.15, 0.2) is 0 Å². The number of halogens is 2. The van der Waals surface area contributed by atoms with Crippen molar-refractivity contribution in [2.75, 3.05) is 23.3 Å². The largest absolute Gasteiger partial charge is 0.360 e. The van der Waals surface area contributed by atoms with Gasteiger partial charge in [-0.15, -0.1) is 0 Å². The van der Waals surface area contributed by atoms with E-state index in [2.05, 4.69) is 5.32 Å². The van der Waals surface area contributed by atoms with Crippen LogP contribution in [0.25, 0.3) is 0 Å². The molecule has 1 N–H and O–H groups in total. The van der Waals surface area contributed by atoms with E-state index in [1.54, 1.807) is 4.90 Å². The highest BCUT2D eigenvalue weighted by molar-refractivity contribution is 5.95. The lowest BCUT2D eigenvalue weighted by Gasteiger charge is -2.31. The molecule has 5 heteroatoms. The summed E-state index contributed by atoms with van der Waals surface area (Å²) in [5.74, 6) is -1.38. The molecule has 0 atom stereocenters. The highest BCUT2D eigenvalue weighted by Crippen LogP contribution is 2.30. The molecule has 1 aliphatic heterocycles. The minimum Gasteiger partial charge on any atom is -0.360 e. The van der Waals surface area contributed by atoms with Gasteiger partial charge in [0.2, 0.25) is 5.91 Å². The van der Waals surface area contributed by atoms with Crippen LogP contribution in [-0.2, 0) is 17.6 Å². The van der Waals surface area contributed by atoms with Crippen molar-refractivity contribution in [3.05, 3.63) is 59.2 Å². The molecule has 1 aliphatic rings. The predicted molar refractivity (Wildman–Crippen MR) is 91.3 cm³/mol. The first-order chi connectivity index (χ1) is 11.6. The second-order valence-corrected chi connectivity index (χ2v) is 5.98. The van der Waals surface area contributed by atoms with Crippen LogP contribution in [0, 0.1) is 11.6 Å². The maximum atomic E-state index is 14.2. The van der Waals surface area contributed by atoms with Gasteiger partial charge in [0.25, 0.3) is 0 Å². The van der Waals surface area contributed by atoms with Crippen molar-refractivity contribution in [2.24, 2.45) is 0 Å². The van der Waals surface area contributed by atoms with Crippen molar-refractivity contribution in [3.8, 4) is 0 Å². The number of hydrogen-bond acceptors (Lipinski definition) is 2. The molecule has 1 amide bonds. The van der Waals surface area contributed by atoms with Gasteiger partial charge < -0.3 is 10.2 Å². The first-order valence-corrected chi connectivity index (χ1v) is 8.19. The lowest BCUT2D eigenvalue weighted by atomic mass is 10.0. The van der Waals surface area contributed by atoms with E-state index >= 15 is 0 Å². The summed E-state index contributed by atoms with van der Waals surface area (Å²) in [5, 5.41) is 2.89. The molecule has 0 saturated heterocycles. The molecule has 3 nitrogen and oxygen atoms in total. The van der Waals surface area contributed by atoms with Crippen molar-refractivity contribution in [2.45, 2.75) is 26.2 Å². The molecule has 0 unspecified atom stereocenters. The lowest BCUT2D eigenvalue weighted by Crippen LogP contribution is -2.37. The molecule has 0 aromatic heterocycles. The van der Waals surface area contributed by atoms with Crippen LogP contribution in [0.3, 0.4) is 0 Å². The van der Waals surface area contributed by atoms with Gasteiger partial charge in [0.1, 0.15) is 11.6 Å². The smallest absolute Gasteiger partial charge is 0.243 e. The van der Waals surface area contributed by atoms with Crippen molar-refractivity contribution < 1.29 is 13.6 Å². The van der Waals surface area contributed by atoms with E-state index in [1.807, 2.05) is 31.2 Å². The summed E-state index contributed by atoms with van der Waals surface area (Å²) in [4.78, 5) is 14.1. The number of carbonyl (C=O) groups is 1. The van der Waals surface area contributed by atoms with Gasteiger partial charge in [-0.2, -0.15) is 0 Å². The van der Waals surface area contributed by atoms with Gasteiger partial charge >= 0.3 is 0 Å². The Morgan fingerprint density at radius 3 is 2.83 bits per heavy atom. The summed E-state index contributed by atoms with van der Waals surface area (Å²) in [6.45, 7) is 2.65. The van der Waals surface area contributed by atoms with Gasteiger partial charge in [-0.1, -0.05) is 25.1 Å². The number of para-hydroxylation sites is 1. The van der Waals surface area contributed by atoms with E-state index in [0.29, 0.717) is 24.2 Å². The molecule has 0 bridgehead atoms. The van der Waals surface area contributed by atoms with E-state index < -0.39 is 11.6 Å². The lowest BCUT2D eigenvalue weighted by molar-refractivity contribution is -0.115. The van der Waals surface area contributed by atoms with Crippen LogP contribution in [0.1, 0.15) is 24.5 Å². The SMILES string of the molecule is CCc1ccccc1NC(=O)CN1CCCc2cc(F)cc(F)c21.